The van der Waals surface area contributed by atoms with Crippen LogP contribution < -0.4 is 10.6 Å². The van der Waals surface area contributed by atoms with E-state index in [1.54, 1.807) is 23.9 Å². The number of amides is 2. The van der Waals surface area contributed by atoms with Gasteiger partial charge < -0.3 is 30.3 Å². The summed E-state index contributed by atoms with van der Waals surface area (Å²) in [6.07, 6.45) is -0.222. The van der Waals surface area contributed by atoms with E-state index in [1.165, 1.54) is 0 Å². The molecule has 0 radical (unpaired) electrons. The van der Waals surface area contributed by atoms with Crippen molar-refractivity contribution in [3.05, 3.63) is 101 Å². The molecule has 2 amide bonds. The van der Waals surface area contributed by atoms with Gasteiger partial charge >= 0.3 is 12.0 Å². The molecule has 3 aromatic carbocycles. The number of rotatable bonds is 10. The molecule has 38 heavy (non-hydrogen) atoms. The summed E-state index contributed by atoms with van der Waals surface area (Å²) in [5.41, 5.74) is 3.95. The third kappa shape index (κ3) is 7.58. The zero-order valence-corrected chi connectivity index (χ0v) is 21.9. The molecular formula is C29H32N2O6S. The van der Waals surface area contributed by atoms with Gasteiger partial charge in [-0.15, -0.1) is 11.8 Å². The molecule has 0 bridgehead atoms. The van der Waals surface area contributed by atoms with Gasteiger partial charge in [0.25, 0.3) is 0 Å². The highest BCUT2D eigenvalue weighted by molar-refractivity contribution is 7.99. The molecule has 1 heterocycles. The highest BCUT2D eigenvalue weighted by Gasteiger charge is 2.32. The van der Waals surface area contributed by atoms with Crippen LogP contribution in [0, 0.1) is 0 Å². The molecule has 1 fully saturated rings. The molecule has 9 heteroatoms. The molecule has 0 unspecified atom stereocenters. The topological polar surface area (TPSA) is 117 Å². The van der Waals surface area contributed by atoms with Crippen LogP contribution in [0.5, 0.6) is 0 Å². The average molecular weight is 537 g/mol. The maximum atomic E-state index is 11.7. The van der Waals surface area contributed by atoms with E-state index in [0.717, 1.165) is 27.1 Å². The number of carboxylic acids is 1. The van der Waals surface area contributed by atoms with E-state index in [9.17, 15) is 14.7 Å². The SMILES string of the molecule is CCNC(=O)NCc1ccc([C@@H]2O[C@H](CSc3ccc(C(=O)O)cc3)C[C@H](c3ccc(CO)cc3)O2)cc1. The molecule has 1 aliphatic rings. The molecule has 3 atom stereocenters. The first-order valence-corrected chi connectivity index (χ1v) is 13.5. The van der Waals surface area contributed by atoms with Crippen molar-refractivity contribution in [3.8, 4) is 0 Å². The van der Waals surface area contributed by atoms with E-state index >= 15 is 0 Å². The van der Waals surface area contributed by atoms with Crippen LogP contribution in [0.25, 0.3) is 0 Å². The third-order valence-electron chi connectivity index (χ3n) is 6.19. The molecule has 3 aromatic rings. The second kappa shape index (κ2) is 13.4. The lowest BCUT2D eigenvalue weighted by Crippen LogP contribution is -2.34. The van der Waals surface area contributed by atoms with Crippen molar-refractivity contribution in [2.45, 2.75) is 49.9 Å². The minimum atomic E-state index is -0.946. The van der Waals surface area contributed by atoms with Gasteiger partial charge in [-0.05, 0) is 47.9 Å². The van der Waals surface area contributed by atoms with Gasteiger partial charge in [0.1, 0.15) is 0 Å². The lowest BCUT2D eigenvalue weighted by molar-refractivity contribution is -0.245. The Hall–Kier alpha value is -3.37. The molecule has 0 aromatic heterocycles. The number of carboxylic acid groups (broad SMARTS) is 1. The van der Waals surface area contributed by atoms with Crippen LogP contribution in [-0.2, 0) is 22.6 Å². The summed E-state index contributed by atoms with van der Waals surface area (Å²) in [5.74, 6) is -0.273. The van der Waals surface area contributed by atoms with Crippen LogP contribution in [0.2, 0.25) is 0 Å². The standard InChI is InChI=1S/C29H32N2O6S/c1-2-30-29(35)31-16-19-3-9-23(10-4-19)28-36-24(18-38-25-13-11-22(12-14-25)27(33)34)15-26(37-28)21-7-5-20(17-32)6-8-21/h3-14,24,26,28,32H,2,15-18H2,1H3,(H,33,34)(H2,30,31,35)/t24-,26+,28+/m0/s1. The Morgan fingerprint density at radius 1 is 0.895 bits per heavy atom. The van der Waals surface area contributed by atoms with E-state index in [-0.39, 0.29) is 30.4 Å². The molecule has 4 N–H and O–H groups in total. The van der Waals surface area contributed by atoms with E-state index in [1.807, 2.05) is 67.6 Å². The fourth-order valence-corrected chi connectivity index (χ4v) is 5.03. The first-order chi connectivity index (χ1) is 18.4. The van der Waals surface area contributed by atoms with Crippen molar-refractivity contribution in [3.63, 3.8) is 0 Å². The Bertz CT molecular complexity index is 1200. The van der Waals surface area contributed by atoms with Gasteiger partial charge in [0.05, 0.1) is 24.4 Å². The Morgan fingerprint density at radius 2 is 1.55 bits per heavy atom. The maximum Gasteiger partial charge on any atom is 0.335 e. The quantitative estimate of drug-likeness (QED) is 0.268. The zero-order chi connectivity index (χ0) is 26.9. The number of hydrogen-bond donors (Lipinski definition) is 4. The predicted octanol–water partition coefficient (Wildman–Crippen LogP) is 5.03. The van der Waals surface area contributed by atoms with E-state index < -0.39 is 12.3 Å². The van der Waals surface area contributed by atoms with Crippen LogP contribution in [0.4, 0.5) is 4.79 Å². The predicted molar refractivity (Wildman–Crippen MR) is 145 cm³/mol. The summed E-state index contributed by atoms with van der Waals surface area (Å²) < 4.78 is 12.8. The normalized spacial score (nSPS) is 19.1. The van der Waals surface area contributed by atoms with Gasteiger partial charge in [-0.1, -0.05) is 48.5 Å². The number of ether oxygens (including phenoxy) is 2. The number of nitrogens with one attached hydrogen (secondary N) is 2. The number of aliphatic hydroxyl groups is 1. The van der Waals surface area contributed by atoms with Crippen molar-refractivity contribution < 1.29 is 29.3 Å². The van der Waals surface area contributed by atoms with Gasteiger partial charge in [-0.3, -0.25) is 0 Å². The lowest BCUT2D eigenvalue weighted by Gasteiger charge is -2.36. The van der Waals surface area contributed by atoms with E-state index in [4.69, 9.17) is 14.6 Å². The van der Waals surface area contributed by atoms with Gasteiger partial charge in [0.2, 0.25) is 0 Å². The molecule has 1 saturated heterocycles. The van der Waals surface area contributed by atoms with Crippen LogP contribution in [0.15, 0.2) is 77.7 Å². The Kier molecular flexibility index (Phi) is 9.78. The van der Waals surface area contributed by atoms with Crippen LogP contribution >= 0.6 is 11.8 Å². The molecule has 200 valence electrons. The molecule has 0 aliphatic carbocycles. The number of aliphatic hydroxyl groups excluding tert-OH is 1. The molecule has 0 saturated carbocycles. The molecule has 1 aliphatic heterocycles. The number of benzene rings is 3. The fraction of sp³-hybridized carbons (Fsp3) is 0.310. The van der Waals surface area contributed by atoms with Gasteiger partial charge in [-0.25, -0.2) is 9.59 Å². The molecule has 0 spiro atoms. The highest BCUT2D eigenvalue weighted by Crippen LogP contribution is 2.39. The van der Waals surface area contributed by atoms with Crippen molar-refractivity contribution in [1.82, 2.24) is 10.6 Å². The van der Waals surface area contributed by atoms with Gasteiger partial charge in [-0.2, -0.15) is 0 Å². The Balaban J connectivity index is 1.46. The number of aromatic carboxylic acids is 1. The van der Waals surface area contributed by atoms with Crippen LogP contribution in [0.3, 0.4) is 0 Å². The van der Waals surface area contributed by atoms with Crippen molar-refractivity contribution in [2.24, 2.45) is 0 Å². The summed E-state index contributed by atoms with van der Waals surface area (Å²) in [5, 5.41) is 24.1. The van der Waals surface area contributed by atoms with Crippen molar-refractivity contribution in [1.29, 1.82) is 0 Å². The minimum absolute atomic E-state index is 0.0151. The van der Waals surface area contributed by atoms with Crippen LogP contribution in [0.1, 0.15) is 58.4 Å². The van der Waals surface area contributed by atoms with Crippen molar-refractivity contribution >= 4 is 23.8 Å². The molecule has 4 rings (SSSR count). The van der Waals surface area contributed by atoms with Crippen LogP contribution in [-0.4, -0.2) is 40.6 Å². The Labute approximate surface area is 226 Å². The molecular weight excluding hydrogens is 504 g/mol. The van der Waals surface area contributed by atoms with Crippen molar-refractivity contribution in [2.75, 3.05) is 12.3 Å². The lowest BCUT2D eigenvalue weighted by atomic mass is 10.0. The largest absolute Gasteiger partial charge is 0.478 e. The fourth-order valence-electron chi connectivity index (χ4n) is 4.10. The molecule has 8 nitrogen and oxygen atoms in total. The maximum absolute atomic E-state index is 11.7. The summed E-state index contributed by atoms with van der Waals surface area (Å²) in [6.45, 7) is 2.84. The second-order valence-corrected chi connectivity index (χ2v) is 10.0. The first-order valence-electron chi connectivity index (χ1n) is 12.5. The minimum Gasteiger partial charge on any atom is -0.478 e. The number of urea groups is 1. The number of carbonyl (C=O) groups is 2. The van der Waals surface area contributed by atoms with Gasteiger partial charge in [0, 0.05) is 35.7 Å². The first kappa shape index (κ1) is 27.7. The zero-order valence-electron chi connectivity index (χ0n) is 21.1. The Morgan fingerprint density at radius 3 is 2.18 bits per heavy atom. The average Bonchev–Trinajstić information content (AvgIpc) is 2.95. The van der Waals surface area contributed by atoms with E-state index in [0.29, 0.717) is 25.3 Å². The monoisotopic (exact) mass is 536 g/mol. The number of thioether (sulfide) groups is 1. The number of carbonyl (C=O) groups excluding carboxylic acids is 1. The number of hydrogen-bond acceptors (Lipinski definition) is 6. The van der Waals surface area contributed by atoms with Gasteiger partial charge in [0.15, 0.2) is 6.29 Å². The smallest absolute Gasteiger partial charge is 0.335 e. The summed E-state index contributed by atoms with van der Waals surface area (Å²) in [6, 6.07) is 22.2. The highest BCUT2D eigenvalue weighted by atomic mass is 32.2. The summed E-state index contributed by atoms with van der Waals surface area (Å²) in [4.78, 5) is 23.8. The summed E-state index contributed by atoms with van der Waals surface area (Å²) in [7, 11) is 0. The second-order valence-electron chi connectivity index (χ2n) is 8.95. The third-order valence-corrected chi connectivity index (χ3v) is 7.34. The van der Waals surface area contributed by atoms with E-state index in [2.05, 4.69) is 10.6 Å². The summed E-state index contributed by atoms with van der Waals surface area (Å²) >= 11 is 1.61.